The summed E-state index contributed by atoms with van der Waals surface area (Å²) < 4.78 is 13.3. The zero-order chi connectivity index (χ0) is 18.8. The van der Waals surface area contributed by atoms with Crippen LogP contribution in [0.15, 0.2) is 12.3 Å². The van der Waals surface area contributed by atoms with Crippen LogP contribution in [0.4, 0.5) is 11.8 Å². The van der Waals surface area contributed by atoms with Crippen LogP contribution in [0.2, 0.25) is 0 Å². The molecule has 0 aliphatic carbocycles. The molecule has 9 heteroatoms. The Kier molecular flexibility index (Phi) is 5.24. The number of hydrogen-bond acceptors (Lipinski definition) is 8. The summed E-state index contributed by atoms with van der Waals surface area (Å²) in [6.45, 7) is 3.77. The van der Waals surface area contributed by atoms with Crippen molar-refractivity contribution >= 4 is 11.8 Å². The molecule has 1 fully saturated rings. The molecule has 2 N–H and O–H groups in total. The van der Waals surface area contributed by atoms with E-state index in [1.807, 2.05) is 24.8 Å². The number of methoxy groups -OCH3 is 1. The van der Waals surface area contributed by atoms with Crippen LogP contribution in [-0.4, -0.2) is 65.7 Å². The van der Waals surface area contributed by atoms with E-state index < -0.39 is 0 Å². The molecule has 9 nitrogen and oxygen atoms in total. The van der Waals surface area contributed by atoms with Crippen molar-refractivity contribution in [2.75, 3.05) is 44.1 Å². The number of hydrogen-bond donors (Lipinski definition) is 2. The van der Waals surface area contributed by atoms with E-state index in [9.17, 15) is 0 Å². The molecule has 2 aromatic heterocycles. The van der Waals surface area contributed by atoms with Gasteiger partial charge in [0.05, 0.1) is 36.7 Å². The molecule has 4 heterocycles. The molecule has 0 bridgehead atoms. The van der Waals surface area contributed by atoms with Crippen LogP contribution >= 0.6 is 0 Å². The van der Waals surface area contributed by atoms with Gasteiger partial charge in [-0.05, 0) is 6.07 Å². The average molecular weight is 373 g/mol. The minimum absolute atomic E-state index is 0.0957. The zero-order valence-electron chi connectivity index (χ0n) is 16.1. The molecule has 146 valence electrons. The molecule has 0 aromatic carbocycles. The van der Waals surface area contributed by atoms with Crippen molar-refractivity contribution in [2.45, 2.75) is 31.7 Å². The maximum absolute atomic E-state index is 5.73. The first kappa shape index (κ1) is 18.1. The molecule has 0 radical (unpaired) electrons. The van der Waals surface area contributed by atoms with Crippen molar-refractivity contribution in [3.63, 3.8) is 0 Å². The molecule has 0 spiro atoms. The summed E-state index contributed by atoms with van der Waals surface area (Å²) in [7, 11) is 5.59. The number of aryl methyl sites for hydroxylation is 1. The summed E-state index contributed by atoms with van der Waals surface area (Å²) >= 11 is 0. The highest BCUT2D eigenvalue weighted by atomic mass is 16.5. The molecule has 0 unspecified atom stereocenters. The van der Waals surface area contributed by atoms with E-state index in [1.54, 1.807) is 13.3 Å². The monoisotopic (exact) mass is 373 g/mol. The lowest BCUT2D eigenvalue weighted by Crippen LogP contribution is -2.40. The SMILES string of the molecule is CNc1nccc(N2C[C@H](OC)[C@H](NCc3c4c(nn3C)CCOC4)C2)n1. The van der Waals surface area contributed by atoms with Gasteiger partial charge in [0.1, 0.15) is 5.82 Å². The summed E-state index contributed by atoms with van der Waals surface area (Å²) in [6, 6.07) is 2.14. The second kappa shape index (κ2) is 7.79. The van der Waals surface area contributed by atoms with Gasteiger partial charge in [0, 0.05) is 59.0 Å². The van der Waals surface area contributed by atoms with E-state index in [4.69, 9.17) is 9.47 Å². The Balaban J connectivity index is 1.45. The Hall–Kier alpha value is -2.23. The standard InChI is InChI=1S/C18H27N7O2/c1-19-18-20-6-4-17(22-18)25-9-14(16(10-25)26-3)21-8-15-12-11-27-7-5-13(12)23-24(15)2/h4,6,14,16,21H,5,7-11H2,1-3H3,(H,19,20,22)/t14-,16+/m1/s1. The Bertz CT molecular complexity index is 794. The lowest BCUT2D eigenvalue weighted by molar-refractivity contribution is 0.0958. The molecular formula is C18H27N7O2. The summed E-state index contributed by atoms with van der Waals surface area (Å²) in [6.07, 6.45) is 2.76. The number of fused-ring (bicyclic) bond motifs is 1. The van der Waals surface area contributed by atoms with Crippen LogP contribution in [0.1, 0.15) is 17.0 Å². The minimum atomic E-state index is 0.0957. The Morgan fingerprint density at radius 1 is 1.37 bits per heavy atom. The molecule has 2 aliphatic rings. The van der Waals surface area contributed by atoms with Gasteiger partial charge < -0.3 is 25.0 Å². The quantitative estimate of drug-likeness (QED) is 0.748. The van der Waals surface area contributed by atoms with Gasteiger partial charge in [-0.3, -0.25) is 4.68 Å². The Labute approximate surface area is 159 Å². The second-order valence-corrected chi connectivity index (χ2v) is 6.95. The van der Waals surface area contributed by atoms with Crippen LogP contribution in [0, 0.1) is 0 Å². The molecule has 2 atom stereocenters. The van der Waals surface area contributed by atoms with E-state index in [0.717, 1.165) is 44.2 Å². The van der Waals surface area contributed by atoms with Gasteiger partial charge in [-0.25, -0.2) is 4.98 Å². The molecule has 2 aromatic rings. The van der Waals surface area contributed by atoms with Crippen molar-refractivity contribution in [3.8, 4) is 0 Å². The van der Waals surface area contributed by atoms with Gasteiger partial charge in [-0.2, -0.15) is 10.1 Å². The summed E-state index contributed by atoms with van der Waals surface area (Å²) in [5.74, 6) is 1.53. The molecule has 0 saturated carbocycles. The fourth-order valence-electron chi connectivity index (χ4n) is 3.86. The van der Waals surface area contributed by atoms with Crippen LogP contribution in [-0.2, 0) is 36.1 Å². The molecular weight excluding hydrogens is 346 g/mol. The highest BCUT2D eigenvalue weighted by Gasteiger charge is 2.34. The van der Waals surface area contributed by atoms with E-state index in [2.05, 4.69) is 30.6 Å². The van der Waals surface area contributed by atoms with Gasteiger partial charge in [-0.1, -0.05) is 0 Å². The van der Waals surface area contributed by atoms with Gasteiger partial charge in [0.2, 0.25) is 5.95 Å². The highest BCUT2D eigenvalue weighted by Crippen LogP contribution is 2.23. The predicted octanol–water partition coefficient (Wildman–Crippen LogP) is 0.318. The number of ether oxygens (including phenoxy) is 2. The summed E-state index contributed by atoms with van der Waals surface area (Å²) in [5, 5.41) is 11.3. The number of rotatable bonds is 6. The molecule has 1 saturated heterocycles. The topological polar surface area (TPSA) is 89.4 Å². The Morgan fingerprint density at radius 2 is 2.26 bits per heavy atom. The molecule has 2 aliphatic heterocycles. The maximum Gasteiger partial charge on any atom is 0.224 e. The van der Waals surface area contributed by atoms with Gasteiger partial charge >= 0.3 is 0 Å². The lowest BCUT2D eigenvalue weighted by Gasteiger charge is -2.19. The minimum Gasteiger partial charge on any atom is -0.378 e. The summed E-state index contributed by atoms with van der Waals surface area (Å²) in [4.78, 5) is 11.0. The zero-order valence-corrected chi connectivity index (χ0v) is 16.1. The van der Waals surface area contributed by atoms with E-state index in [1.165, 1.54) is 11.3 Å². The fraction of sp³-hybridized carbons (Fsp3) is 0.611. The van der Waals surface area contributed by atoms with Gasteiger partial charge in [0.15, 0.2) is 0 Å². The third-order valence-corrected chi connectivity index (χ3v) is 5.38. The number of nitrogens with zero attached hydrogens (tertiary/aromatic N) is 5. The first-order valence-electron chi connectivity index (χ1n) is 9.33. The fourth-order valence-corrected chi connectivity index (χ4v) is 3.86. The van der Waals surface area contributed by atoms with Gasteiger partial charge in [-0.15, -0.1) is 0 Å². The van der Waals surface area contributed by atoms with E-state index in [0.29, 0.717) is 12.6 Å². The van der Waals surface area contributed by atoms with Crippen LogP contribution in [0.3, 0.4) is 0 Å². The average Bonchev–Trinajstić information content (AvgIpc) is 3.26. The van der Waals surface area contributed by atoms with Gasteiger partial charge in [0.25, 0.3) is 0 Å². The van der Waals surface area contributed by atoms with Crippen LogP contribution < -0.4 is 15.5 Å². The second-order valence-electron chi connectivity index (χ2n) is 6.95. The number of anilines is 2. The maximum atomic E-state index is 5.73. The van der Waals surface area contributed by atoms with Crippen LogP contribution in [0.5, 0.6) is 0 Å². The normalized spacial score (nSPS) is 22.1. The number of nitrogens with one attached hydrogen (secondary N) is 2. The summed E-state index contributed by atoms with van der Waals surface area (Å²) in [5.41, 5.74) is 3.59. The van der Waals surface area contributed by atoms with Crippen molar-refractivity contribution in [2.24, 2.45) is 7.05 Å². The van der Waals surface area contributed by atoms with Crippen LogP contribution in [0.25, 0.3) is 0 Å². The highest BCUT2D eigenvalue weighted by molar-refractivity contribution is 5.44. The third-order valence-electron chi connectivity index (χ3n) is 5.38. The first-order chi connectivity index (χ1) is 13.2. The third kappa shape index (κ3) is 3.62. The van der Waals surface area contributed by atoms with E-state index in [-0.39, 0.29) is 12.1 Å². The van der Waals surface area contributed by atoms with E-state index >= 15 is 0 Å². The Morgan fingerprint density at radius 3 is 3.07 bits per heavy atom. The first-order valence-corrected chi connectivity index (χ1v) is 9.33. The molecule has 4 rings (SSSR count). The predicted molar refractivity (Wildman–Crippen MR) is 102 cm³/mol. The lowest BCUT2D eigenvalue weighted by atomic mass is 10.1. The molecule has 27 heavy (non-hydrogen) atoms. The largest absolute Gasteiger partial charge is 0.378 e. The van der Waals surface area contributed by atoms with Crippen molar-refractivity contribution in [3.05, 3.63) is 29.2 Å². The van der Waals surface area contributed by atoms with Crippen molar-refractivity contribution in [1.82, 2.24) is 25.1 Å². The van der Waals surface area contributed by atoms with Crippen molar-refractivity contribution in [1.29, 1.82) is 0 Å². The van der Waals surface area contributed by atoms with Crippen molar-refractivity contribution < 1.29 is 9.47 Å². The number of aromatic nitrogens is 4. The molecule has 0 amide bonds. The smallest absolute Gasteiger partial charge is 0.224 e.